The molecule has 2 saturated heterocycles. The molecule has 25 nitrogen and oxygen atoms in total. The third kappa shape index (κ3) is 19.0. The summed E-state index contributed by atoms with van der Waals surface area (Å²) in [5, 5.41) is 18.2. The van der Waals surface area contributed by atoms with Gasteiger partial charge in [0.15, 0.2) is 5.96 Å². The van der Waals surface area contributed by atoms with Gasteiger partial charge in [-0.1, -0.05) is 91.5 Å². The Labute approximate surface area is 437 Å². The van der Waals surface area contributed by atoms with Crippen molar-refractivity contribution in [3.8, 4) is 0 Å². The zero-order valence-electron chi connectivity index (χ0n) is 41.8. The van der Waals surface area contributed by atoms with Crippen LogP contribution in [-0.4, -0.2) is 148 Å². The molecule has 74 heavy (non-hydrogen) atoms. The monoisotopic (exact) mass is 1070 g/mol. The summed E-state index contributed by atoms with van der Waals surface area (Å²) in [6.45, 7) is 3.26. The highest BCUT2D eigenvalue weighted by atomic mass is 33.1. The standard InChI is InChI=1S/C47H72N14O11S2/c1-3-26(2)38-44(71)58-29(20-27-12-6-4-7-13-27)40(67)56-30(21-34(48)62)41(68)57-31(22-35(49)63)42(69)59-32(25-73-74-47(23-37(65)60-38)16-8-5-9-17-47)45(72)61-19-11-15-33(61)43(70)55-28(14-10-18-53-46(51)52)39(66)54-24-36(50)64/h4,6-7,12-13,26,28-33,38H,3,5,8-11,14-25H2,1-2H3,(H2,48,62)(H2,49,63)(H2,50,64)(H,54,66)(H,55,70)(H,56,67)(H,57,68)(H,58,71)(H,59,69)(H,60,65)(H4,51,52,53)/t26-,28-,29+,30-,31-,32-,33+,38-/m0/s1. The minimum Gasteiger partial charge on any atom is -0.370 e. The number of nitrogens with one attached hydrogen (secondary N) is 7. The molecule has 17 N–H and O–H groups in total. The maximum atomic E-state index is 14.8. The molecule has 1 aromatic rings. The van der Waals surface area contributed by atoms with Crippen molar-refractivity contribution in [2.24, 2.45) is 39.6 Å². The molecule has 1 aromatic carbocycles. The van der Waals surface area contributed by atoms with E-state index >= 15 is 0 Å². The van der Waals surface area contributed by atoms with E-state index in [0.717, 1.165) is 19.3 Å². The number of guanidine groups is 1. The van der Waals surface area contributed by atoms with Crippen LogP contribution in [0.4, 0.5) is 0 Å². The van der Waals surface area contributed by atoms with E-state index in [1.807, 2.05) is 6.92 Å². The molecule has 27 heteroatoms. The molecule has 2 heterocycles. The number of hydrogen-bond acceptors (Lipinski definition) is 14. The molecule has 4 rings (SSSR count). The molecular formula is C47H72N14O11S2. The molecule has 0 radical (unpaired) electrons. The Kier molecular flexibility index (Phi) is 23.7. The van der Waals surface area contributed by atoms with Crippen LogP contribution in [0.2, 0.25) is 0 Å². The van der Waals surface area contributed by atoms with Crippen LogP contribution in [0.1, 0.15) is 103 Å². The SMILES string of the molecule is CC[C@H](C)[C@@H]1NC(=O)CC2(CCCCC2)SSC[C@@H](C(=O)N2CCC[C@@H]2C(=O)N[C@@H](CCCN=C(N)N)C(=O)NCC(N)=O)NC(=O)[C@H](CC(N)=O)NC(=O)[C@H](CC(N)=O)NC(=O)[C@@H](Cc2ccccc2)NC1=O. The maximum absolute atomic E-state index is 14.8. The lowest BCUT2D eigenvalue weighted by Gasteiger charge is -2.37. The summed E-state index contributed by atoms with van der Waals surface area (Å²) < 4.78 is -0.698. The molecule has 3 fully saturated rings. The van der Waals surface area contributed by atoms with Gasteiger partial charge in [0.1, 0.15) is 42.3 Å². The quantitative estimate of drug-likeness (QED) is 0.0303. The number of amides is 11. The van der Waals surface area contributed by atoms with Crippen molar-refractivity contribution in [3.63, 3.8) is 0 Å². The summed E-state index contributed by atoms with van der Waals surface area (Å²) in [4.78, 5) is 155. The van der Waals surface area contributed by atoms with Gasteiger partial charge in [0.25, 0.3) is 0 Å². The molecule has 1 spiro atoms. The van der Waals surface area contributed by atoms with Crippen LogP contribution in [0.5, 0.6) is 0 Å². The molecule has 3 aliphatic rings. The van der Waals surface area contributed by atoms with Gasteiger partial charge in [0, 0.05) is 36.4 Å². The lowest BCUT2D eigenvalue weighted by molar-refractivity contribution is -0.142. The number of benzene rings is 1. The fourth-order valence-electron chi connectivity index (χ4n) is 8.91. The maximum Gasteiger partial charge on any atom is 0.246 e. The second kappa shape index (κ2) is 29.3. The molecule has 0 aromatic heterocycles. The fraction of sp³-hybridized carbons (Fsp3) is 0.617. The summed E-state index contributed by atoms with van der Waals surface area (Å²) in [6, 6.07) is -1.20. The Hall–Kier alpha value is -6.64. The average molecular weight is 1070 g/mol. The fourth-order valence-corrected chi connectivity index (χ4v) is 12.3. The molecule has 1 aliphatic carbocycles. The average Bonchev–Trinajstić information content (AvgIpc) is 3.85. The van der Waals surface area contributed by atoms with E-state index in [4.69, 9.17) is 28.7 Å². The zero-order chi connectivity index (χ0) is 54.5. The number of carbonyl (C=O) groups is 11. The predicted molar refractivity (Wildman–Crippen MR) is 276 cm³/mol. The van der Waals surface area contributed by atoms with Gasteiger partial charge in [-0.3, -0.25) is 57.7 Å². The topological polar surface area (TPSA) is 418 Å². The van der Waals surface area contributed by atoms with Crippen molar-refractivity contribution in [2.45, 2.75) is 151 Å². The van der Waals surface area contributed by atoms with E-state index in [-0.39, 0.29) is 56.9 Å². The molecule has 408 valence electrons. The minimum atomic E-state index is -1.79. The first-order chi connectivity index (χ1) is 35.1. The van der Waals surface area contributed by atoms with Crippen LogP contribution >= 0.6 is 21.6 Å². The molecule has 11 amide bonds. The first-order valence-corrected chi connectivity index (χ1v) is 27.1. The second-order valence-electron chi connectivity index (χ2n) is 18.9. The van der Waals surface area contributed by atoms with Crippen molar-refractivity contribution in [1.29, 1.82) is 0 Å². The van der Waals surface area contributed by atoms with Crippen molar-refractivity contribution in [3.05, 3.63) is 35.9 Å². The molecule has 0 bridgehead atoms. The second-order valence-corrected chi connectivity index (χ2v) is 21.7. The van der Waals surface area contributed by atoms with Gasteiger partial charge in [-0.2, -0.15) is 0 Å². The highest BCUT2D eigenvalue weighted by Crippen LogP contribution is 2.48. The molecular weight excluding hydrogens is 1000 g/mol. The summed E-state index contributed by atoms with van der Waals surface area (Å²) in [5.41, 5.74) is 27.8. The third-order valence-electron chi connectivity index (χ3n) is 13.0. The van der Waals surface area contributed by atoms with E-state index in [9.17, 15) is 52.7 Å². The van der Waals surface area contributed by atoms with Gasteiger partial charge in [0.2, 0.25) is 65.0 Å². The number of nitrogens with zero attached hydrogens (tertiary/aromatic N) is 2. The minimum absolute atomic E-state index is 0.0246. The van der Waals surface area contributed by atoms with Gasteiger partial charge in [-0.15, -0.1) is 0 Å². The number of rotatable bonds is 18. The Morgan fingerprint density at radius 1 is 0.784 bits per heavy atom. The van der Waals surface area contributed by atoms with Gasteiger partial charge < -0.3 is 70.8 Å². The molecule has 8 atom stereocenters. The molecule has 1 saturated carbocycles. The summed E-state index contributed by atoms with van der Waals surface area (Å²) in [7, 11) is 2.53. The van der Waals surface area contributed by atoms with Crippen molar-refractivity contribution < 1.29 is 52.7 Å². The zero-order valence-corrected chi connectivity index (χ0v) is 43.5. The number of nitrogens with two attached hydrogens (primary N) is 5. The first kappa shape index (κ1) is 59.9. The van der Waals surface area contributed by atoms with Crippen LogP contribution < -0.4 is 65.9 Å². The number of carbonyl (C=O) groups excluding carboxylic acids is 11. The Morgan fingerprint density at radius 2 is 1.39 bits per heavy atom. The first-order valence-electron chi connectivity index (χ1n) is 24.8. The molecule has 0 unspecified atom stereocenters. The van der Waals surface area contributed by atoms with Crippen LogP contribution in [-0.2, 0) is 59.2 Å². The van der Waals surface area contributed by atoms with E-state index in [2.05, 4.69) is 42.2 Å². The number of hydrogen-bond donors (Lipinski definition) is 12. The summed E-state index contributed by atoms with van der Waals surface area (Å²) >= 11 is 0. The van der Waals surface area contributed by atoms with Gasteiger partial charge >= 0.3 is 0 Å². The largest absolute Gasteiger partial charge is 0.370 e. The Balaban J connectivity index is 1.75. The van der Waals surface area contributed by atoms with Crippen molar-refractivity contribution in [1.82, 2.24) is 42.1 Å². The van der Waals surface area contributed by atoms with Gasteiger partial charge in [0.05, 0.1) is 19.4 Å². The number of likely N-dealkylation sites (tertiary alicyclic amines) is 1. The lowest BCUT2D eigenvalue weighted by Crippen LogP contribution is -2.61. The van der Waals surface area contributed by atoms with Crippen molar-refractivity contribution in [2.75, 3.05) is 25.4 Å². The smallest absolute Gasteiger partial charge is 0.246 e. The van der Waals surface area contributed by atoms with Gasteiger partial charge in [-0.05, 0) is 50.0 Å². The van der Waals surface area contributed by atoms with Gasteiger partial charge in [-0.25, -0.2) is 0 Å². The summed E-state index contributed by atoms with van der Waals surface area (Å²) in [6.07, 6.45) is 3.13. The Morgan fingerprint density at radius 3 is 1.99 bits per heavy atom. The molecule has 2 aliphatic heterocycles. The predicted octanol–water partition coefficient (Wildman–Crippen LogP) is -2.93. The third-order valence-corrected chi connectivity index (χ3v) is 16.3. The highest BCUT2D eigenvalue weighted by molar-refractivity contribution is 8.77. The van der Waals surface area contributed by atoms with E-state index in [1.54, 1.807) is 37.3 Å². The van der Waals surface area contributed by atoms with E-state index in [0.29, 0.717) is 31.2 Å². The van der Waals surface area contributed by atoms with E-state index < -0.39 is 137 Å². The van der Waals surface area contributed by atoms with Crippen molar-refractivity contribution >= 4 is 92.5 Å². The van der Waals surface area contributed by atoms with Crippen LogP contribution in [0.3, 0.4) is 0 Å². The number of primary amides is 3. The number of aliphatic imine (C=N–C) groups is 1. The van der Waals surface area contributed by atoms with Crippen LogP contribution in [0.15, 0.2) is 35.3 Å². The van der Waals surface area contributed by atoms with E-state index in [1.165, 1.54) is 26.5 Å². The van der Waals surface area contributed by atoms with Crippen LogP contribution in [0, 0.1) is 5.92 Å². The summed E-state index contributed by atoms with van der Waals surface area (Å²) in [5.74, 6) is -10.1. The normalized spacial score (nSPS) is 24.0. The van der Waals surface area contributed by atoms with Crippen LogP contribution in [0.25, 0.3) is 0 Å². The lowest BCUT2D eigenvalue weighted by atomic mass is 9.85. The highest BCUT2D eigenvalue weighted by Gasteiger charge is 2.42. The Bertz CT molecular complexity index is 2230.